The first-order valence-electron chi connectivity index (χ1n) is 22.2. The number of carbonyl (C=O) groups excluding carboxylic acids is 1. The summed E-state index contributed by atoms with van der Waals surface area (Å²) in [6, 6.07) is -0.905. The van der Waals surface area contributed by atoms with E-state index in [1.54, 1.807) is 6.08 Å². The number of carbonyl (C=O) groups is 1. The second-order valence-corrected chi connectivity index (χ2v) is 17.1. The molecule has 0 aliphatic carbocycles. The first-order valence-corrected chi connectivity index (χ1v) is 23.7. The van der Waals surface area contributed by atoms with Crippen molar-refractivity contribution >= 4 is 13.7 Å². The molecule has 9 heteroatoms. The molecule has 0 aromatic carbocycles. The van der Waals surface area contributed by atoms with Gasteiger partial charge in [0.15, 0.2) is 0 Å². The van der Waals surface area contributed by atoms with Crippen LogP contribution in [-0.4, -0.2) is 68.5 Å². The number of hydrogen-bond acceptors (Lipinski definition) is 6. The zero-order valence-electron chi connectivity index (χ0n) is 37.2. The maximum atomic E-state index is 12.8. The smallest absolute Gasteiger partial charge is 0.268 e. The van der Waals surface area contributed by atoms with E-state index in [-0.39, 0.29) is 12.5 Å². The van der Waals surface area contributed by atoms with Gasteiger partial charge in [-0.05, 0) is 83.5 Å². The molecule has 0 saturated heterocycles. The van der Waals surface area contributed by atoms with E-state index in [0.29, 0.717) is 17.4 Å². The minimum atomic E-state index is -4.59. The topological polar surface area (TPSA) is 108 Å². The van der Waals surface area contributed by atoms with Crippen molar-refractivity contribution in [2.45, 2.75) is 154 Å². The van der Waals surface area contributed by atoms with E-state index in [4.69, 9.17) is 9.05 Å². The number of allylic oxidation sites excluding steroid dienone is 17. The molecule has 0 saturated carbocycles. The van der Waals surface area contributed by atoms with E-state index in [9.17, 15) is 19.4 Å². The van der Waals surface area contributed by atoms with E-state index in [2.05, 4.69) is 116 Å². The van der Waals surface area contributed by atoms with Crippen LogP contribution in [0.1, 0.15) is 142 Å². The molecule has 0 heterocycles. The van der Waals surface area contributed by atoms with Crippen molar-refractivity contribution in [1.29, 1.82) is 0 Å². The number of nitrogens with zero attached hydrogens (tertiary/aromatic N) is 1. The van der Waals surface area contributed by atoms with Crippen molar-refractivity contribution in [2.75, 3.05) is 40.9 Å². The summed E-state index contributed by atoms with van der Waals surface area (Å²) in [4.78, 5) is 25.2. The molecule has 1 amide bonds. The minimum absolute atomic E-state index is 0.0135. The lowest BCUT2D eigenvalue weighted by Crippen LogP contribution is -2.45. The number of aliphatic hydroxyl groups is 1. The van der Waals surface area contributed by atoms with Crippen molar-refractivity contribution in [3.8, 4) is 0 Å². The highest BCUT2D eigenvalue weighted by atomic mass is 31.2. The number of aliphatic hydroxyl groups excluding tert-OH is 1. The molecule has 0 aliphatic heterocycles. The fraction of sp³-hybridized carbons (Fsp3) is 0.612. The third kappa shape index (κ3) is 41.3. The Labute approximate surface area is 355 Å². The molecule has 0 fully saturated rings. The lowest BCUT2D eigenvalue weighted by molar-refractivity contribution is -0.870. The molecular formula is C49H83N2O6P. The fourth-order valence-corrected chi connectivity index (χ4v) is 6.18. The predicted molar refractivity (Wildman–Crippen MR) is 246 cm³/mol. The van der Waals surface area contributed by atoms with Crippen molar-refractivity contribution < 1.29 is 32.9 Å². The standard InChI is InChI=1S/C49H83N2O6P/c1-6-8-10-12-14-15-16-17-18-19-20-21-22-23-24-25-26-27-28-29-30-31-32-33-34-35-37-39-41-43-49(53)50-47(48(52)42-40-38-36-13-11-9-7-2)46-57-58(54,55)56-45-44-51(3,4)5/h8,10,14-15,17-18,20-21,23-24,26-27,29-30,32-33,40,42,47-48,52H,6-7,9,11-13,16,19,22,25,28,31,34-39,41,43-46H2,1-5H3,(H-,50,53,54,55)/b10-8-,15-14-,18-17-,21-20-,24-23-,27-26-,30-29-,33-32-,42-40+. The average Bonchev–Trinajstić information content (AvgIpc) is 3.17. The van der Waals surface area contributed by atoms with Crippen LogP contribution in [0.15, 0.2) is 109 Å². The highest BCUT2D eigenvalue weighted by Gasteiger charge is 2.23. The van der Waals surface area contributed by atoms with Gasteiger partial charge >= 0.3 is 0 Å². The second-order valence-electron chi connectivity index (χ2n) is 15.7. The Balaban J connectivity index is 4.25. The lowest BCUT2D eigenvalue weighted by Gasteiger charge is -2.29. The van der Waals surface area contributed by atoms with Gasteiger partial charge in [0.1, 0.15) is 13.2 Å². The van der Waals surface area contributed by atoms with Gasteiger partial charge in [-0.2, -0.15) is 0 Å². The summed E-state index contributed by atoms with van der Waals surface area (Å²) in [6.45, 7) is 4.41. The van der Waals surface area contributed by atoms with E-state index in [0.717, 1.165) is 103 Å². The summed E-state index contributed by atoms with van der Waals surface area (Å²) >= 11 is 0. The Kier molecular flexibility index (Phi) is 37.7. The summed E-state index contributed by atoms with van der Waals surface area (Å²) in [5.41, 5.74) is 0. The Morgan fingerprint density at radius 2 is 1.05 bits per heavy atom. The minimum Gasteiger partial charge on any atom is -0.756 e. The Bertz CT molecular complexity index is 1300. The fourth-order valence-electron chi connectivity index (χ4n) is 5.46. The number of amides is 1. The number of phosphoric acid groups is 1. The first-order chi connectivity index (χ1) is 28.0. The Hall–Kier alpha value is -2.84. The maximum absolute atomic E-state index is 12.8. The number of likely N-dealkylation sites (N-methyl/N-ethyl adjacent to an activating group) is 1. The zero-order valence-corrected chi connectivity index (χ0v) is 38.1. The second kappa shape index (κ2) is 39.6. The van der Waals surface area contributed by atoms with Crippen LogP contribution < -0.4 is 10.2 Å². The van der Waals surface area contributed by atoms with Gasteiger partial charge in [-0.25, -0.2) is 0 Å². The molecule has 0 aromatic rings. The van der Waals surface area contributed by atoms with Gasteiger partial charge in [0.2, 0.25) is 5.91 Å². The van der Waals surface area contributed by atoms with Crippen LogP contribution >= 0.6 is 7.82 Å². The SMILES string of the molecule is CC/C=C\C/C=C\C/C=C\C/C=C\C/C=C\C/C=C\C/C=C\C/C=C\CCCCCCC(=O)NC(COP(=O)([O-])OCC[N+](C)(C)C)C(O)/C=C/CCCCCCC. The van der Waals surface area contributed by atoms with Crippen LogP contribution in [0.4, 0.5) is 0 Å². The summed E-state index contributed by atoms with van der Waals surface area (Å²) in [7, 11) is 1.22. The monoisotopic (exact) mass is 827 g/mol. The number of rotatable bonds is 38. The molecule has 58 heavy (non-hydrogen) atoms. The molecule has 0 aromatic heterocycles. The molecular weight excluding hydrogens is 744 g/mol. The summed E-state index contributed by atoms with van der Waals surface area (Å²) in [5.74, 6) is -0.233. The Morgan fingerprint density at radius 1 is 0.621 bits per heavy atom. The van der Waals surface area contributed by atoms with Crippen LogP contribution in [-0.2, 0) is 18.4 Å². The van der Waals surface area contributed by atoms with E-state index < -0.39 is 26.6 Å². The van der Waals surface area contributed by atoms with Gasteiger partial charge in [-0.3, -0.25) is 9.36 Å². The van der Waals surface area contributed by atoms with Crippen LogP contribution in [0, 0.1) is 0 Å². The molecule has 2 N–H and O–H groups in total. The van der Waals surface area contributed by atoms with Crippen molar-refractivity contribution in [3.63, 3.8) is 0 Å². The van der Waals surface area contributed by atoms with Gasteiger partial charge < -0.3 is 28.8 Å². The third-order valence-corrected chi connectivity index (χ3v) is 9.95. The van der Waals surface area contributed by atoms with Gasteiger partial charge in [0.25, 0.3) is 7.82 Å². The van der Waals surface area contributed by atoms with Crippen LogP contribution in [0.3, 0.4) is 0 Å². The summed E-state index contributed by atoms with van der Waals surface area (Å²) in [5, 5.41) is 13.6. The average molecular weight is 827 g/mol. The molecule has 0 radical (unpaired) electrons. The first kappa shape index (κ1) is 55.2. The van der Waals surface area contributed by atoms with Gasteiger partial charge in [-0.15, -0.1) is 0 Å². The van der Waals surface area contributed by atoms with Gasteiger partial charge in [0, 0.05) is 6.42 Å². The number of quaternary nitrogens is 1. The number of nitrogens with one attached hydrogen (secondary N) is 1. The highest BCUT2D eigenvalue weighted by molar-refractivity contribution is 7.45. The predicted octanol–water partition coefficient (Wildman–Crippen LogP) is 11.9. The number of unbranched alkanes of at least 4 members (excludes halogenated alkanes) is 9. The lowest BCUT2D eigenvalue weighted by atomic mass is 10.1. The third-order valence-electron chi connectivity index (χ3n) is 8.99. The summed E-state index contributed by atoms with van der Waals surface area (Å²) in [6.07, 6.45) is 57.3. The molecule has 330 valence electrons. The molecule has 0 rings (SSSR count). The molecule has 0 bridgehead atoms. The Morgan fingerprint density at radius 3 is 1.52 bits per heavy atom. The van der Waals surface area contributed by atoms with Crippen LogP contribution in [0.2, 0.25) is 0 Å². The van der Waals surface area contributed by atoms with E-state index in [1.165, 1.54) is 19.3 Å². The van der Waals surface area contributed by atoms with Crippen molar-refractivity contribution in [3.05, 3.63) is 109 Å². The van der Waals surface area contributed by atoms with Gasteiger partial charge in [-0.1, -0.05) is 162 Å². The van der Waals surface area contributed by atoms with Crippen molar-refractivity contribution in [1.82, 2.24) is 5.32 Å². The maximum Gasteiger partial charge on any atom is 0.268 e. The summed E-state index contributed by atoms with van der Waals surface area (Å²) < 4.78 is 23.0. The highest BCUT2D eigenvalue weighted by Crippen LogP contribution is 2.38. The van der Waals surface area contributed by atoms with Crippen molar-refractivity contribution in [2.24, 2.45) is 0 Å². The molecule has 8 nitrogen and oxygen atoms in total. The van der Waals surface area contributed by atoms with Crippen LogP contribution in [0.5, 0.6) is 0 Å². The normalized spacial score (nSPS) is 15.4. The number of phosphoric ester groups is 1. The molecule has 3 atom stereocenters. The largest absolute Gasteiger partial charge is 0.756 e. The van der Waals surface area contributed by atoms with Crippen LogP contribution in [0.25, 0.3) is 0 Å². The molecule has 3 unspecified atom stereocenters. The van der Waals surface area contributed by atoms with E-state index >= 15 is 0 Å². The quantitative estimate of drug-likeness (QED) is 0.0278. The molecule has 0 spiro atoms. The number of hydrogen-bond donors (Lipinski definition) is 2. The van der Waals surface area contributed by atoms with E-state index in [1.807, 2.05) is 27.2 Å². The van der Waals surface area contributed by atoms with Gasteiger partial charge in [0.05, 0.1) is 39.9 Å². The zero-order chi connectivity index (χ0) is 42.8. The molecule has 0 aliphatic rings.